The lowest BCUT2D eigenvalue weighted by molar-refractivity contribution is -0.121. The first-order valence-electron chi connectivity index (χ1n) is 10.4. The molecule has 168 valence electrons. The lowest BCUT2D eigenvalue weighted by atomic mass is 9.98. The van der Waals surface area contributed by atoms with E-state index >= 15 is 0 Å². The number of carboxylic acids is 1. The molecule has 0 radical (unpaired) electrons. The van der Waals surface area contributed by atoms with Crippen molar-refractivity contribution < 1.29 is 24.2 Å². The van der Waals surface area contributed by atoms with Crippen molar-refractivity contribution in [3.8, 4) is 11.1 Å². The summed E-state index contributed by atoms with van der Waals surface area (Å²) in [5, 5.41) is 14.2. The number of alkyl carbamates (subject to hydrolysis) is 1. The van der Waals surface area contributed by atoms with Crippen molar-refractivity contribution in [2.45, 2.75) is 25.3 Å². The average Bonchev–Trinajstić information content (AvgIpc) is 3.11. The summed E-state index contributed by atoms with van der Waals surface area (Å²) in [6.45, 7) is 3.18. The van der Waals surface area contributed by atoms with E-state index < -0.39 is 23.5 Å². The fourth-order valence-electron chi connectivity index (χ4n) is 3.86. The number of pyridine rings is 1. The maximum atomic E-state index is 12.7. The molecule has 0 atom stereocenters. The number of carbonyl (C=O) groups excluding carboxylic acids is 2. The molecule has 0 unspecified atom stereocenters. The van der Waals surface area contributed by atoms with Crippen molar-refractivity contribution in [3.63, 3.8) is 0 Å². The zero-order valence-electron chi connectivity index (χ0n) is 18.2. The van der Waals surface area contributed by atoms with E-state index in [1.165, 1.54) is 32.3 Å². The molecule has 4 rings (SSSR count). The van der Waals surface area contributed by atoms with Crippen LogP contribution in [0.3, 0.4) is 0 Å². The Balaban J connectivity index is 1.40. The Morgan fingerprint density at radius 1 is 1.00 bits per heavy atom. The summed E-state index contributed by atoms with van der Waals surface area (Å²) >= 11 is 0. The molecule has 0 aliphatic heterocycles. The van der Waals surface area contributed by atoms with Gasteiger partial charge in [0.25, 0.3) is 0 Å². The van der Waals surface area contributed by atoms with Crippen LogP contribution in [0.15, 0.2) is 67.0 Å². The van der Waals surface area contributed by atoms with E-state index in [1.54, 1.807) is 0 Å². The van der Waals surface area contributed by atoms with Crippen molar-refractivity contribution in [2.24, 2.45) is 0 Å². The SMILES string of the molecule is CC(C)(NC(=O)OCC1c2ccccc2-c2ccccc21)C(=O)Nc1cncc(C(=O)O)c1. The molecular weight excluding hydrogens is 422 g/mol. The monoisotopic (exact) mass is 445 g/mol. The molecule has 1 aliphatic rings. The summed E-state index contributed by atoms with van der Waals surface area (Å²) < 4.78 is 5.51. The Morgan fingerprint density at radius 2 is 1.61 bits per heavy atom. The van der Waals surface area contributed by atoms with Gasteiger partial charge in [-0.25, -0.2) is 9.59 Å². The predicted octanol–water partition coefficient (Wildman–Crippen LogP) is 4.04. The van der Waals surface area contributed by atoms with Gasteiger partial charge in [-0.1, -0.05) is 48.5 Å². The van der Waals surface area contributed by atoms with Gasteiger partial charge < -0.3 is 20.5 Å². The van der Waals surface area contributed by atoms with Crippen LogP contribution in [-0.4, -0.2) is 40.2 Å². The number of nitrogens with one attached hydrogen (secondary N) is 2. The van der Waals surface area contributed by atoms with Crippen molar-refractivity contribution in [2.75, 3.05) is 11.9 Å². The van der Waals surface area contributed by atoms with Crippen LogP contribution >= 0.6 is 0 Å². The number of benzene rings is 2. The van der Waals surface area contributed by atoms with Crippen LogP contribution in [0.25, 0.3) is 11.1 Å². The number of carboxylic acid groups (broad SMARTS) is 1. The van der Waals surface area contributed by atoms with Crippen molar-refractivity contribution in [1.29, 1.82) is 0 Å². The quantitative estimate of drug-likeness (QED) is 0.527. The van der Waals surface area contributed by atoms with E-state index in [4.69, 9.17) is 9.84 Å². The van der Waals surface area contributed by atoms with Gasteiger partial charge >= 0.3 is 12.1 Å². The largest absolute Gasteiger partial charge is 0.478 e. The molecule has 0 saturated heterocycles. The summed E-state index contributed by atoms with van der Waals surface area (Å²) in [7, 11) is 0. The van der Waals surface area contributed by atoms with E-state index in [0.717, 1.165) is 22.3 Å². The maximum Gasteiger partial charge on any atom is 0.408 e. The fraction of sp³-hybridized carbons (Fsp3) is 0.200. The first kappa shape index (κ1) is 22.0. The molecule has 1 aliphatic carbocycles. The minimum atomic E-state index is -1.32. The third-order valence-electron chi connectivity index (χ3n) is 5.57. The highest BCUT2D eigenvalue weighted by atomic mass is 16.5. The molecule has 8 nitrogen and oxygen atoms in total. The van der Waals surface area contributed by atoms with Gasteiger partial charge in [0.2, 0.25) is 5.91 Å². The zero-order valence-corrected chi connectivity index (χ0v) is 18.2. The Hall–Kier alpha value is -4.20. The first-order valence-corrected chi connectivity index (χ1v) is 10.4. The molecule has 1 heterocycles. The van der Waals surface area contributed by atoms with Gasteiger partial charge in [0.15, 0.2) is 0 Å². The molecule has 1 aromatic heterocycles. The summed E-state index contributed by atoms with van der Waals surface area (Å²) in [6, 6.07) is 17.3. The maximum absolute atomic E-state index is 12.7. The number of rotatable bonds is 6. The van der Waals surface area contributed by atoms with Gasteiger partial charge in [0.1, 0.15) is 12.1 Å². The molecule has 0 saturated carbocycles. The number of fused-ring (bicyclic) bond motifs is 3. The lowest BCUT2D eigenvalue weighted by Crippen LogP contribution is -2.52. The minimum absolute atomic E-state index is 0.0601. The second-order valence-electron chi connectivity index (χ2n) is 8.30. The number of ether oxygens (including phenoxy) is 1. The van der Waals surface area contributed by atoms with E-state index in [1.807, 2.05) is 36.4 Å². The molecule has 2 amide bonds. The molecule has 33 heavy (non-hydrogen) atoms. The molecule has 0 spiro atoms. The van der Waals surface area contributed by atoms with Gasteiger partial charge in [-0.15, -0.1) is 0 Å². The van der Waals surface area contributed by atoms with E-state index in [2.05, 4.69) is 27.8 Å². The molecule has 2 aromatic carbocycles. The Morgan fingerprint density at radius 3 is 2.21 bits per heavy atom. The molecule has 3 aromatic rings. The number of amides is 2. The fourth-order valence-corrected chi connectivity index (χ4v) is 3.86. The second kappa shape index (κ2) is 8.74. The molecule has 0 fully saturated rings. The van der Waals surface area contributed by atoms with Gasteiger partial charge in [0, 0.05) is 12.1 Å². The Bertz CT molecular complexity index is 1190. The van der Waals surface area contributed by atoms with Crippen LogP contribution in [-0.2, 0) is 9.53 Å². The third-order valence-corrected chi connectivity index (χ3v) is 5.57. The van der Waals surface area contributed by atoms with Crippen LogP contribution in [0.2, 0.25) is 0 Å². The number of anilines is 1. The highest BCUT2D eigenvalue weighted by Crippen LogP contribution is 2.44. The normalized spacial score (nSPS) is 12.4. The van der Waals surface area contributed by atoms with Crippen LogP contribution in [0.4, 0.5) is 10.5 Å². The first-order chi connectivity index (χ1) is 15.8. The lowest BCUT2D eigenvalue weighted by Gasteiger charge is -2.25. The number of aromatic carboxylic acids is 1. The summed E-state index contributed by atoms with van der Waals surface area (Å²) in [6.07, 6.45) is 1.78. The van der Waals surface area contributed by atoms with Crippen LogP contribution in [0.5, 0.6) is 0 Å². The van der Waals surface area contributed by atoms with Crippen molar-refractivity contribution >= 4 is 23.7 Å². The van der Waals surface area contributed by atoms with E-state index in [0.29, 0.717) is 0 Å². The number of aromatic nitrogens is 1. The van der Waals surface area contributed by atoms with Crippen LogP contribution in [0, 0.1) is 0 Å². The summed E-state index contributed by atoms with van der Waals surface area (Å²) in [4.78, 5) is 40.1. The predicted molar refractivity (Wildman–Crippen MR) is 122 cm³/mol. The summed E-state index contributed by atoms with van der Waals surface area (Å²) in [5.41, 5.74) is 3.26. The van der Waals surface area contributed by atoms with E-state index in [-0.39, 0.29) is 23.8 Å². The number of nitrogens with zero attached hydrogens (tertiary/aromatic N) is 1. The zero-order chi connectivity index (χ0) is 23.6. The summed E-state index contributed by atoms with van der Waals surface area (Å²) in [5.74, 6) is -1.79. The average molecular weight is 445 g/mol. The van der Waals surface area contributed by atoms with Gasteiger partial charge in [-0.2, -0.15) is 0 Å². The molecule has 0 bridgehead atoms. The molecule has 3 N–H and O–H groups in total. The van der Waals surface area contributed by atoms with Crippen molar-refractivity contribution in [1.82, 2.24) is 10.3 Å². The van der Waals surface area contributed by atoms with Gasteiger partial charge in [-0.3, -0.25) is 9.78 Å². The van der Waals surface area contributed by atoms with Gasteiger partial charge in [-0.05, 0) is 42.2 Å². The number of hydrogen-bond donors (Lipinski definition) is 3. The highest BCUT2D eigenvalue weighted by Gasteiger charge is 2.32. The minimum Gasteiger partial charge on any atom is -0.478 e. The highest BCUT2D eigenvalue weighted by molar-refractivity contribution is 6.00. The van der Waals surface area contributed by atoms with E-state index in [9.17, 15) is 14.4 Å². The Kier molecular flexibility index (Phi) is 5.83. The van der Waals surface area contributed by atoms with Gasteiger partial charge in [0.05, 0.1) is 17.4 Å². The number of carbonyl (C=O) groups is 3. The topological polar surface area (TPSA) is 118 Å². The molecular formula is C25H23N3O5. The smallest absolute Gasteiger partial charge is 0.408 e. The Labute approximate surface area is 190 Å². The molecule has 8 heteroatoms. The second-order valence-corrected chi connectivity index (χ2v) is 8.30. The number of hydrogen-bond acceptors (Lipinski definition) is 5. The standard InChI is InChI=1S/C25H23N3O5/c1-25(2,23(31)27-16-11-15(22(29)30)12-26-13-16)28-24(32)33-14-21-19-9-5-3-7-17(19)18-8-4-6-10-20(18)21/h3-13,21H,14H2,1-2H3,(H,27,31)(H,28,32)(H,29,30). The van der Waals surface area contributed by atoms with Crippen LogP contribution < -0.4 is 10.6 Å². The van der Waals surface area contributed by atoms with Crippen LogP contribution in [0.1, 0.15) is 41.3 Å². The van der Waals surface area contributed by atoms with Crippen molar-refractivity contribution in [3.05, 3.63) is 83.7 Å². The third kappa shape index (κ3) is 4.55.